The zero-order valence-corrected chi connectivity index (χ0v) is 26.5. The molecule has 2 aromatic rings. The minimum absolute atomic E-state index is 0.000924. The third-order valence-electron chi connectivity index (χ3n) is 7.97. The quantitative estimate of drug-likeness (QED) is 0.206. The Morgan fingerprint density at radius 1 is 1.07 bits per heavy atom. The highest BCUT2D eigenvalue weighted by Crippen LogP contribution is 2.34. The van der Waals surface area contributed by atoms with Gasteiger partial charge in [0.2, 0.25) is 5.91 Å². The van der Waals surface area contributed by atoms with Gasteiger partial charge in [0.25, 0.3) is 0 Å². The first-order valence-corrected chi connectivity index (χ1v) is 16.0. The van der Waals surface area contributed by atoms with E-state index in [-0.39, 0.29) is 49.3 Å². The molecule has 0 aliphatic carbocycles. The second-order valence-corrected chi connectivity index (χ2v) is 13.2. The monoisotopic (exact) mass is 598 g/mol. The van der Waals surface area contributed by atoms with E-state index in [1.54, 1.807) is 18.3 Å². The molecular weight excluding hydrogens is 552 g/mol. The van der Waals surface area contributed by atoms with Crippen molar-refractivity contribution < 1.29 is 29.0 Å². The van der Waals surface area contributed by atoms with Crippen molar-refractivity contribution in [3.63, 3.8) is 0 Å². The van der Waals surface area contributed by atoms with E-state index >= 15 is 0 Å². The number of aryl methyl sites for hydroxylation is 2. The number of aromatic nitrogens is 1. The van der Waals surface area contributed by atoms with Gasteiger partial charge >= 0.3 is 5.97 Å². The second-order valence-electron chi connectivity index (χ2n) is 12.4. The predicted octanol–water partition coefficient (Wildman–Crippen LogP) is 5.72. The van der Waals surface area contributed by atoms with Gasteiger partial charge < -0.3 is 14.7 Å². The Bertz CT molecular complexity index is 1220. The van der Waals surface area contributed by atoms with Gasteiger partial charge in [0, 0.05) is 44.6 Å². The van der Waals surface area contributed by atoms with Gasteiger partial charge in [0.1, 0.15) is 5.78 Å². The molecule has 0 saturated carbocycles. The minimum Gasteiger partial charge on any atom is -0.466 e. The first-order valence-electron chi connectivity index (χ1n) is 15.1. The van der Waals surface area contributed by atoms with Gasteiger partial charge in [-0.15, -0.1) is 11.3 Å². The van der Waals surface area contributed by atoms with Crippen molar-refractivity contribution >= 4 is 34.8 Å². The Kier molecular flexibility index (Phi) is 12.4. The number of amides is 1. The number of nitrogens with zero attached hydrogens (tertiary/aromatic N) is 2. The molecule has 3 rings (SSSR count). The number of ether oxygens (including phenoxy) is 1. The predicted molar refractivity (Wildman–Crippen MR) is 164 cm³/mol. The molecule has 0 spiro atoms. The molecule has 1 aromatic carbocycles. The van der Waals surface area contributed by atoms with Crippen LogP contribution in [0, 0.1) is 18.3 Å². The van der Waals surface area contributed by atoms with Gasteiger partial charge in [-0.2, -0.15) is 0 Å². The third-order valence-corrected chi connectivity index (χ3v) is 8.95. The lowest BCUT2D eigenvalue weighted by molar-refractivity contribution is -0.146. The first kappa shape index (κ1) is 33.6. The summed E-state index contributed by atoms with van der Waals surface area (Å²) in [4.78, 5) is 58.5. The fourth-order valence-electron chi connectivity index (χ4n) is 5.49. The van der Waals surface area contributed by atoms with Crippen LogP contribution in [0.15, 0.2) is 29.8 Å². The van der Waals surface area contributed by atoms with E-state index < -0.39 is 23.5 Å². The lowest BCUT2D eigenvalue weighted by Crippen LogP contribution is -2.47. The standard InChI is InChI=1S/C33H46N2O6S/c1-6-41-30(39)11-9-7-8-10-25(36)18-27(33(3,4)5)32(40)35-20-26(37)19-28(35)29(38)17-14-23-12-15-24(16-13-23)31-22(2)34-21-42-31/h12-13,15-16,21,26-28,37H,6-11,14,17-20H2,1-5H3/t26-,27-,28+/m1/s1. The number of aliphatic hydroxyl groups excluding tert-OH is 1. The topological polar surface area (TPSA) is 114 Å². The Morgan fingerprint density at radius 3 is 2.38 bits per heavy atom. The molecule has 0 unspecified atom stereocenters. The number of likely N-dealkylation sites (tertiary alicyclic amines) is 1. The normalized spacial score (nSPS) is 17.7. The smallest absolute Gasteiger partial charge is 0.305 e. The van der Waals surface area contributed by atoms with Crippen LogP contribution in [0.1, 0.15) is 90.3 Å². The molecule has 0 bridgehead atoms. The summed E-state index contributed by atoms with van der Waals surface area (Å²) in [7, 11) is 0. The largest absolute Gasteiger partial charge is 0.466 e. The van der Waals surface area contributed by atoms with Gasteiger partial charge in [0.05, 0.1) is 34.8 Å². The maximum Gasteiger partial charge on any atom is 0.305 e. The van der Waals surface area contributed by atoms with Crippen LogP contribution in [0.2, 0.25) is 0 Å². The highest BCUT2D eigenvalue weighted by atomic mass is 32.1. The highest BCUT2D eigenvalue weighted by Gasteiger charge is 2.44. The molecule has 230 valence electrons. The number of unbranched alkanes of at least 4 members (excludes halogenated alkanes) is 2. The minimum atomic E-state index is -0.763. The number of rotatable bonds is 15. The molecule has 1 saturated heterocycles. The molecule has 0 radical (unpaired) electrons. The lowest BCUT2D eigenvalue weighted by atomic mass is 9.76. The maximum absolute atomic E-state index is 13.8. The fraction of sp³-hybridized carbons (Fsp3) is 0.606. The molecule has 3 atom stereocenters. The number of carbonyl (C=O) groups excluding carboxylic acids is 4. The van der Waals surface area contributed by atoms with E-state index in [1.807, 2.05) is 57.5 Å². The number of ketones is 2. The molecule has 2 heterocycles. The summed E-state index contributed by atoms with van der Waals surface area (Å²) < 4.78 is 4.93. The van der Waals surface area contributed by atoms with Crippen LogP contribution in [0.4, 0.5) is 0 Å². The molecule has 1 amide bonds. The van der Waals surface area contributed by atoms with Crippen molar-refractivity contribution in [2.45, 2.75) is 105 Å². The average Bonchev–Trinajstić information content (AvgIpc) is 3.55. The number of hydrogen-bond acceptors (Lipinski definition) is 8. The van der Waals surface area contributed by atoms with E-state index in [4.69, 9.17) is 4.74 Å². The van der Waals surface area contributed by atoms with Crippen LogP contribution in [0.5, 0.6) is 0 Å². The third kappa shape index (κ3) is 9.56. The zero-order valence-electron chi connectivity index (χ0n) is 25.7. The van der Waals surface area contributed by atoms with Crippen LogP contribution in [-0.2, 0) is 30.3 Å². The zero-order chi connectivity index (χ0) is 30.9. The number of benzene rings is 1. The Hall–Kier alpha value is -2.91. The molecule has 8 nitrogen and oxygen atoms in total. The molecule has 1 N–H and O–H groups in total. The summed E-state index contributed by atoms with van der Waals surface area (Å²) in [6, 6.07) is 7.44. The van der Waals surface area contributed by atoms with Crippen molar-refractivity contribution in [1.29, 1.82) is 0 Å². The second kappa shape index (κ2) is 15.5. The summed E-state index contributed by atoms with van der Waals surface area (Å²) in [5, 5.41) is 10.5. The lowest BCUT2D eigenvalue weighted by Gasteiger charge is -2.34. The van der Waals surface area contributed by atoms with Crippen molar-refractivity contribution in [2.75, 3.05) is 13.2 Å². The van der Waals surface area contributed by atoms with Crippen LogP contribution >= 0.6 is 11.3 Å². The van der Waals surface area contributed by atoms with Crippen molar-refractivity contribution in [3.8, 4) is 10.4 Å². The first-order chi connectivity index (χ1) is 19.9. The summed E-state index contributed by atoms with van der Waals surface area (Å²) in [5.74, 6) is -1.12. The number of hydrogen-bond donors (Lipinski definition) is 1. The van der Waals surface area contributed by atoms with Gasteiger partial charge in [-0.1, -0.05) is 51.5 Å². The molecule has 1 aromatic heterocycles. The Morgan fingerprint density at radius 2 is 1.76 bits per heavy atom. The molecule has 1 fully saturated rings. The van der Waals surface area contributed by atoms with E-state index in [2.05, 4.69) is 4.98 Å². The van der Waals surface area contributed by atoms with Crippen LogP contribution in [0.3, 0.4) is 0 Å². The fourth-order valence-corrected chi connectivity index (χ4v) is 6.31. The van der Waals surface area contributed by atoms with Crippen molar-refractivity contribution in [1.82, 2.24) is 9.88 Å². The van der Waals surface area contributed by atoms with E-state index in [0.29, 0.717) is 38.7 Å². The summed E-state index contributed by atoms with van der Waals surface area (Å²) in [6.07, 6.45) is 3.11. The summed E-state index contributed by atoms with van der Waals surface area (Å²) >= 11 is 1.60. The molecule has 1 aliphatic rings. The van der Waals surface area contributed by atoms with E-state index in [1.165, 1.54) is 4.90 Å². The molecule has 1 aliphatic heterocycles. The Labute approximate surface area is 253 Å². The number of thiazole rings is 1. The van der Waals surface area contributed by atoms with Crippen LogP contribution in [0.25, 0.3) is 10.4 Å². The number of aliphatic hydroxyl groups is 1. The summed E-state index contributed by atoms with van der Waals surface area (Å²) in [6.45, 7) is 10.0. The van der Waals surface area contributed by atoms with Gasteiger partial charge in [0.15, 0.2) is 5.78 Å². The van der Waals surface area contributed by atoms with E-state index in [9.17, 15) is 24.3 Å². The molecule has 42 heavy (non-hydrogen) atoms. The average molecular weight is 599 g/mol. The van der Waals surface area contributed by atoms with Crippen LogP contribution < -0.4 is 0 Å². The van der Waals surface area contributed by atoms with Crippen molar-refractivity contribution in [3.05, 3.63) is 41.0 Å². The Balaban J connectivity index is 1.56. The van der Waals surface area contributed by atoms with Gasteiger partial charge in [-0.25, -0.2) is 4.98 Å². The van der Waals surface area contributed by atoms with Gasteiger partial charge in [-0.3, -0.25) is 19.2 Å². The highest BCUT2D eigenvalue weighted by molar-refractivity contribution is 7.13. The molecule has 9 heteroatoms. The number of esters is 1. The van der Waals surface area contributed by atoms with Crippen LogP contribution in [-0.4, -0.2) is 63.7 Å². The van der Waals surface area contributed by atoms with E-state index in [0.717, 1.165) is 28.1 Å². The number of Topliss-reactive ketones (excluding diaryl/α,β-unsaturated/α-hetero) is 2. The van der Waals surface area contributed by atoms with Crippen molar-refractivity contribution in [2.24, 2.45) is 11.3 Å². The SMILES string of the molecule is CCOC(=O)CCCCCC(=O)C[C@H](C(=O)N1C[C@H](O)C[C@H]1C(=O)CCc1ccc(-c2scnc2C)cc1)C(C)(C)C. The summed E-state index contributed by atoms with van der Waals surface area (Å²) in [5.41, 5.74) is 4.47. The number of carbonyl (C=O) groups is 4. The molecular formula is C33H46N2O6S. The maximum atomic E-state index is 13.8. The van der Waals surface area contributed by atoms with Gasteiger partial charge in [-0.05, 0) is 49.7 Å². The number of β-amino-alcohol motifs (C(OH)–C–C–N with tert-alkyl or cyclic N) is 1.